The first-order valence-corrected chi connectivity index (χ1v) is 4.81. The van der Waals surface area contributed by atoms with Gasteiger partial charge in [0.15, 0.2) is 17.4 Å². The van der Waals surface area contributed by atoms with Crippen LogP contribution in [0.25, 0.3) is 0 Å². The van der Waals surface area contributed by atoms with Crippen molar-refractivity contribution in [3.05, 3.63) is 27.7 Å². The van der Waals surface area contributed by atoms with Crippen molar-refractivity contribution in [1.29, 1.82) is 0 Å². The minimum absolute atomic E-state index is 0.0635. The average Bonchev–Trinajstić information content (AvgIpc) is 2.20. The quantitative estimate of drug-likeness (QED) is 0.669. The highest BCUT2D eigenvalue weighted by molar-refractivity contribution is 9.10. The Kier molecular flexibility index (Phi) is 3.62. The second-order valence-electron chi connectivity index (χ2n) is 2.60. The fourth-order valence-corrected chi connectivity index (χ4v) is 1.36. The number of phenolic OH excluding ortho intramolecular Hbond substituents is 1. The van der Waals surface area contributed by atoms with Gasteiger partial charge in [0.1, 0.15) is 5.56 Å². The third-order valence-corrected chi connectivity index (χ3v) is 2.21. The van der Waals surface area contributed by atoms with Crippen molar-refractivity contribution < 1.29 is 23.4 Å². The summed E-state index contributed by atoms with van der Waals surface area (Å²) in [6, 6.07) is 0.919. The highest BCUT2D eigenvalue weighted by Crippen LogP contribution is 2.30. The zero-order chi connectivity index (χ0) is 11.6. The van der Waals surface area contributed by atoms with Gasteiger partial charge in [-0.1, -0.05) is 0 Å². The zero-order valence-electron chi connectivity index (χ0n) is 7.68. The number of carbonyl (C=O) groups is 1. The summed E-state index contributed by atoms with van der Waals surface area (Å²) in [5.41, 5.74) is -0.511. The number of benzene rings is 1. The van der Waals surface area contributed by atoms with Crippen LogP contribution in [-0.2, 0) is 4.74 Å². The number of hydrogen-bond acceptors (Lipinski definition) is 3. The topological polar surface area (TPSA) is 46.5 Å². The molecule has 1 rings (SSSR count). The lowest BCUT2D eigenvalue weighted by Gasteiger charge is -2.06. The summed E-state index contributed by atoms with van der Waals surface area (Å²) in [6.45, 7) is 1.61. The molecule has 15 heavy (non-hydrogen) atoms. The Hall–Kier alpha value is -1.17. The van der Waals surface area contributed by atoms with Crippen LogP contribution in [-0.4, -0.2) is 17.7 Å². The Morgan fingerprint density at radius 1 is 1.53 bits per heavy atom. The van der Waals surface area contributed by atoms with Crippen molar-refractivity contribution in [1.82, 2.24) is 0 Å². The molecule has 0 saturated heterocycles. The lowest BCUT2D eigenvalue weighted by molar-refractivity contribution is 0.0519. The molecule has 1 aromatic carbocycles. The average molecular weight is 281 g/mol. The van der Waals surface area contributed by atoms with E-state index < -0.39 is 28.9 Å². The number of halogens is 3. The molecule has 0 radical (unpaired) electrons. The molecule has 0 aliphatic rings. The molecule has 0 unspecified atom stereocenters. The van der Waals surface area contributed by atoms with Crippen molar-refractivity contribution in [2.24, 2.45) is 0 Å². The normalized spacial score (nSPS) is 10.1. The Balaban J connectivity index is 3.26. The Morgan fingerprint density at radius 2 is 2.13 bits per heavy atom. The smallest absolute Gasteiger partial charge is 0.341 e. The van der Waals surface area contributed by atoms with Gasteiger partial charge < -0.3 is 9.84 Å². The van der Waals surface area contributed by atoms with Crippen molar-refractivity contribution in [2.45, 2.75) is 6.92 Å². The van der Waals surface area contributed by atoms with Crippen LogP contribution in [0.5, 0.6) is 5.75 Å². The van der Waals surface area contributed by atoms with Crippen LogP contribution in [0, 0.1) is 11.6 Å². The predicted molar refractivity (Wildman–Crippen MR) is 51.7 cm³/mol. The van der Waals surface area contributed by atoms with E-state index in [9.17, 15) is 13.6 Å². The van der Waals surface area contributed by atoms with Gasteiger partial charge in [0.25, 0.3) is 0 Å². The molecular formula is C9H7BrF2O3. The summed E-state index contributed by atoms with van der Waals surface area (Å²) in [5, 5.41) is 9.00. The SMILES string of the molecule is CCOC(=O)c1cc(Br)c(F)c(O)c1F. The molecule has 0 aliphatic carbocycles. The Labute approximate surface area is 92.8 Å². The third kappa shape index (κ3) is 2.26. The fraction of sp³-hybridized carbons (Fsp3) is 0.222. The molecule has 1 aromatic rings. The molecule has 0 aromatic heterocycles. The third-order valence-electron chi connectivity index (χ3n) is 1.63. The molecule has 3 nitrogen and oxygen atoms in total. The van der Waals surface area contributed by atoms with Crippen molar-refractivity contribution in [3.63, 3.8) is 0 Å². The van der Waals surface area contributed by atoms with E-state index in [-0.39, 0.29) is 11.1 Å². The summed E-state index contributed by atoms with van der Waals surface area (Å²) in [6.07, 6.45) is 0. The van der Waals surface area contributed by atoms with Crippen LogP contribution in [0.4, 0.5) is 8.78 Å². The molecule has 0 spiro atoms. The van der Waals surface area contributed by atoms with Crippen molar-refractivity contribution >= 4 is 21.9 Å². The van der Waals surface area contributed by atoms with E-state index >= 15 is 0 Å². The standard InChI is InChI=1S/C9H7BrF2O3/c1-2-15-9(14)4-3-5(10)7(12)8(13)6(4)11/h3,13H,2H2,1H3. The maximum absolute atomic E-state index is 13.2. The maximum Gasteiger partial charge on any atom is 0.341 e. The molecule has 0 bridgehead atoms. The van der Waals surface area contributed by atoms with Crippen LogP contribution in [0.1, 0.15) is 17.3 Å². The molecule has 0 atom stereocenters. The largest absolute Gasteiger partial charge is 0.503 e. The van der Waals surface area contributed by atoms with E-state index in [2.05, 4.69) is 20.7 Å². The molecule has 0 amide bonds. The zero-order valence-corrected chi connectivity index (χ0v) is 9.27. The first-order valence-electron chi connectivity index (χ1n) is 4.02. The van der Waals surface area contributed by atoms with E-state index in [4.69, 9.17) is 5.11 Å². The number of carbonyl (C=O) groups excluding carboxylic acids is 1. The summed E-state index contributed by atoms with van der Waals surface area (Å²) >= 11 is 2.74. The lowest BCUT2D eigenvalue weighted by Crippen LogP contribution is -2.08. The van der Waals surface area contributed by atoms with E-state index in [0.29, 0.717) is 0 Å². The summed E-state index contributed by atoms with van der Waals surface area (Å²) < 4.78 is 30.5. The van der Waals surface area contributed by atoms with Crippen LogP contribution < -0.4 is 0 Å². The molecule has 0 fully saturated rings. The Bertz CT molecular complexity index is 407. The second-order valence-corrected chi connectivity index (χ2v) is 3.46. The monoisotopic (exact) mass is 280 g/mol. The van der Waals surface area contributed by atoms with Crippen LogP contribution in [0.15, 0.2) is 10.5 Å². The van der Waals surface area contributed by atoms with Crippen molar-refractivity contribution in [3.8, 4) is 5.75 Å². The van der Waals surface area contributed by atoms with Gasteiger partial charge in [-0.05, 0) is 28.9 Å². The van der Waals surface area contributed by atoms with E-state index in [0.717, 1.165) is 6.07 Å². The fourth-order valence-electron chi connectivity index (χ4n) is 0.948. The molecule has 0 aliphatic heterocycles. The summed E-state index contributed by atoms with van der Waals surface area (Å²) in [7, 11) is 0. The first-order chi connectivity index (χ1) is 6.99. The van der Waals surface area contributed by atoms with E-state index in [1.54, 1.807) is 6.92 Å². The number of esters is 1. The summed E-state index contributed by atoms with van der Waals surface area (Å²) in [4.78, 5) is 11.2. The second kappa shape index (κ2) is 4.57. The number of ether oxygens (including phenoxy) is 1. The number of aromatic hydroxyl groups is 1. The van der Waals surface area contributed by atoms with Crippen LogP contribution >= 0.6 is 15.9 Å². The highest BCUT2D eigenvalue weighted by Gasteiger charge is 2.21. The number of hydrogen-bond donors (Lipinski definition) is 1. The van der Waals surface area contributed by atoms with Crippen molar-refractivity contribution in [2.75, 3.05) is 6.61 Å². The molecular weight excluding hydrogens is 274 g/mol. The van der Waals surface area contributed by atoms with Gasteiger partial charge in [0.05, 0.1) is 11.1 Å². The lowest BCUT2D eigenvalue weighted by atomic mass is 10.2. The summed E-state index contributed by atoms with van der Waals surface area (Å²) in [5.74, 6) is -4.63. The number of phenols is 1. The van der Waals surface area contributed by atoms with Gasteiger partial charge in [0, 0.05) is 0 Å². The molecule has 82 valence electrons. The minimum atomic E-state index is -1.32. The minimum Gasteiger partial charge on any atom is -0.503 e. The Morgan fingerprint density at radius 3 is 2.67 bits per heavy atom. The van der Waals surface area contributed by atoms with Crippen LogP contribution in [0.2, 0.25) is 0 Å². The molecule has 0 heterocycles. The first kappa shape index (κ1) is 11.9. The van der Waals surface area contributed by atoms with Gasteiger partial charge in [-0.3, -0.25) is 0 Å². The molecule has 0 saturated carbocycles. The predicted octanol–water partition coefficient (Wildman–Crippen LogP) is 2.61. The van der Waals surface area contributed by atoms with E-state index in [1.165, 1.54) is 0 Å². The highest BCUT2D eigenvalue weighted by atomic mass is 79.9. The molecule has 1 N–H and O–H groups in total. The van der Waals surface area contributed by atoms with E-state index in [1.807, 2.05) is 0 Å². The van der Waals surface area contributed by atoms with Gasteiger partial charge in [0.2, 0.25) is 0 Å². The molecule has 6 heteroatoms. The number of rotatable bonds is 2. The van der Waals surface area contributed by atoms with Crippen LogP contribution in [0.3, 0.4) is 0 Å². The van der Waals surface area contributed by atoms with Gasteiger partial charge in [-0.15, -0.1) is 0 Å². The van der Waals surface area contributed by atoms with Gasteiger partial charge in [-0.2, -0.15) is 0 Å². The maximum atomic E-state index is 13.2. The van der Waals surface area contributed by atoms with Gasteiger partial charge >= 0.3 is 5.97 Å². The van der Waals surface area contributed by atoms with Gasteiger partial charge in [-0.25, -0.2) is 13.6 Å².